The summed E-state index contributed by atoms with van der Waals surface area (Å²) in [6.45, 7) is 3.54. The van der Waals surface area contributed by atoms with Crippen LogP contribution in [0, 0.1) is 0 Å². The molecule has 1 aromatic carbocycles. The third-order valence-corrected chi connectivity index (χ3v) is 1.49. The normalized spacial score (nSPS) is 11.2. The first-order chi connectivity index (χ1) is 5.83. The first kappa shape index (κ1) is 8.60. The van der Waals surface area contributed by atoms with E-state index in [0.29, 0.717) is 12.2 Å². The first-order valence-corrected chi connectivity index (χ1v) is 3.88. The van der Waals surface area contributed by atoms with Gasteiger partial charge in [0.15, 0.2) is 0 Å². The van der Waals surface area contributed by atoms with Crippen molar-refractivity contribution in [2.75, 3.05) is 0 Å². The SMILES string of the molecule is C=CCC(O)=Cc1ccccc1. The summed E-state index contributed by atoms with van der Waals surface area (Å²) in [6, 6.07) is 9.71. The molecule has 0 aromatic heterocycles. The van der Waals surface area contributed by atoms with Crippen molar-refractivity contribution in [2.24, 2.45) is 0 Å². The molecule has 1 rings (SSSR count). The fourth-order valence-electron chi connectivity index (χ4n) is 0.948. The van der Waals surface area contributed by atoms with E-state index < -0.39 is 0 Å². The van der Waals surface area contributed by atoms with Crippen LogP contribution in [0.5, 0.6) is 0 Å². The second kappa shape index (κ2) is 4.39. The number of benzene rings is 1. The molecule has 0 heterocycles. The standard InChI is InChI=1S/C11H12O/c1-2-6-11(12)9-10-7-4-3-5-8-10/h2-5,7-9,12H,1,6H2. The van der Waals surface area contributed by atoms with E-state index in [-0.39, 0.29) is 0 Å². The van der Waals surface area contributed by atoms with Crippen molar-refractivity contribution < 1.29 is 5.11 Å². The highest BCUT2D eigenvalue weighted by atomic mass is 16.3. The minimum absolute atomic E-state index is 0.344. The van der Waals surface area contributed by atoms with E-state index in [9.17, 15) is 5.11 Å². The summed E-state index contributed by atoms with van der Waals surface area (Å²) in [4.78, 5) is 0. The van der Waals surface area contributed by atoms with E-state index >= 15 is 0 Å². The fourth-order valence-corrected chi connectivity index (χ4v) is 0.948. The second-order valence-corrected chi connectivity index (χ2v) is 2.54. The zero-order valence-corrected chi connectivity index (χ0v) is 6.90. The first-order valence-electron chi connectivity index (χ1n) is 3.88. The van der Waals surface area contributed by atoms with Crippen molar-refractivity contribution in [3.8, 4) is 0 Å². The number of hydrogen-bond donors (Lipinski definition) is 1. The highest BCUT2D eigenvalue weighted by Crippen LogP contribution is 2.06. The molecule has 0 saturated carbocycles. The van der Waals surface area contributed by atoms with Gasteiger partial charge in [0, 0.05) is 6.42 Å². The van der Waals surface area contributed by atoms with Crippen LogP contribution in [0.15, 0.2) is 48.7 Å². The van der Waals surface area contributed by atoms with Crippen molar-refractivity contribution in [1.82, 2.24) is 0 Å². The van der Waals surface area contributed by atoms with Gasteiger partial charge in [-0.3, -0.25) is 0 Å². The molecule has 62 valence electrons. The van der Waals surface area contributed by atoms with Crippen LogP contribution in [0.25, 0.3) is 6.08 Å². The number of aliphatic hydroxyl groups excluding tert-OH is 1. The van der Waals surface area contributed by atoms with Crippen molar-refractivity contribution in [3.63, 3.8) is 0 Å². The quantitative estimate of drug-likeness (QED) is 0.532. The van der Waals surface area contributed by atoms with E-state index in [1.54, 1.807) is 12.2 Å². The Morgan fingerprint density at radius 2 is 2.00 bits per heavy atom. The topological polar surface area (TPSA) is 20.2 Å². The van der Waals surface area contributed by atoms with Gasteiger partial charge < -0.3 is 5.11 Å². The number of rotatable bonds is 3. The Labute approximate surface area is 72.7 Å². The Balaban J connectivity index is 2.74. The second-order valence-electron chi connectivity index (χ2n) is 2.54. The molecule has 0 saturated heterocycles. The zero-order valence-electron chi connectivity index (χ0n) is 6.90. The van der Waals surface area contributed by atoms with E-state index in [1.807, 2.05) is 30.3 Å². The van der Waals surface area contributed by atoms with Gasteiger partial charge in [-0.05, 0) is 11.6 Å². The Bertz CT molecular complexity index is 272. The summed E-state index contributed by atoms with van der Waals surface area (Å²) in [6.07, 6.45) is 3.94. The van der Waals surface area contributed by atoms with Crippen LogP contribution < -0.4 is 0 Å². The van der Waals surface area contributed by atoms with Gasteiger partial charge >= 0.3 is 0 Å². The Morgan fingerprint density at radius 3 is 2.58 bits per heavy atom. The van der Waals surface area contributed by atoms with Gasteiger partial charge in [0.05, 0.1) is 5.76 Å². The molecular weight excluding hydrogens is 148 g/mol. The highest BCUT2D eigenvalue weighted by molar-refractivity contribution is 5.50. The van der Waals surface area contributed by atoms with Crippen molar-refractivity contribution in [3.05, 3.63) is 54.3 Å². The summed E-state index contributed by atoms with van der Waals surface area (Å²) in [7, 11) is 0. The minimum atomic E-state index is 0.344. The fraction of sp³-hybridized carbons (Fsp3) is 0.0909. The maximum Gasteiger partial charge on any atom is 0.0966 e. The lowest BCUT2D eigenvalue weighted by Gasteiger charge is -1.94. The van der Waals surface area contributed by atoms with Crippen molar-refractivity contribution in [1.29, 1.82) is 0 Å². The molecule has 0 spiro atoms. The van der Waals surface area contributed by atoms with Crippen molar-refractivity contribution in [2.45, 2.75) is 6.42 Å². The van der Waals surface area contributed by atoms with E-state index in [4.69, 9.17) is 0 Å². The van der Waals surface area contributed by atoms with Gasteiger partial charge in [-0.15, -0.1) is 6.58 Å². The summed E-state index contributed by atoms with van der Waals surface area (Å²) in [5.41, 5.74) is 1.01. The van der Waals surface area contributed by atoms with Crippen LogP contribution in [-0.2, 0) is 0 Å². The van der Waals surface area contributed by atoms with Gasteiger partial charge in [0.1, 0.15) is 0 Å². The van der Waals surface area contributed by atoms with Crippen LogP contribution in [-0.4, -0.2) is 5.11 Å². The molecule has 0 atom stereocenters. The number of aliphatic hydroxyl groups is 1. The smallest absolute Gasteiger partial charge is 0.0966 e. The summed E-state index contributed by atoms with van der Waals surface area (Å²) < 4.78 is 0. The van der Waals surface area contributed by atoms with Crippen molar-refractivity contribution >= 4 is 6.08 Å². The summed E-state index contributed by atoms with van der Waals surface area (Å²) >= 11 is 0. The Kier molecular flexibility index (Phi) is 3.15. The van der Waals surface area contributed by atoms with Gasteiger partial charge in [-0.2, -0.15) is 0 Å². The molecule has 1 heteroatoms. The van der Waals surface area contributed by atoms with Gasteiger partial charge in [-0.1, -0.05) is 36.4 Å². The molecule has 0 radical (unpaired) electrons. The lowest BCUT2D eigenvalue weighted by atomic mass is 10.2. The maximum atomic E-state index is 9.29. The van der Waals surface area contributed by atoms with Crippen LogP contribution in [0.4, 0.5) is 0 Å². The van der Waals surface area contributed by atoms with Crippen LogP contribution in [0.2, 0.25) is 0 Å². The molecule has 0 aliphatic heterocycles. The van der Waals surface area contributed by atoms with Crippen LogP contribution in [0.3, 0.4) is 0 Å². The van der Waals surface area contributed by atoms with E-state index in [0.717, 1.165) is 5.56 Å². The largest absolute Gasteiger partial charge is 0.512 e. The van der Waals surface area contributed by atoms with E-state index in [1.165, 1.54) is 0 Å². The van der Waals surface area contributed by atoms with Gasteiger partial charge in [-0.25, -0.2) is 0 Å². The third kappa shape index (κ3) is 2.62. The number of hydrogen-bond acceptors (Lipinski definition) is 1. The van der Waals surface area contributed by atoms with Crippen LogP contribution in [0.1, 0.15) is 12.0 Å². The molecule has 0 aliphatic carbocycles. The maximum absolute atomic E-state index is 9.29. The van der Waals surface area contributed by atoms with Gasteiger partial charge in [0.25, 0.3) is 0 Å². The minimum Gasteiger partial charge on any atom is -0.512 e. The summed E-state index contributed by atoms with van der Waals surface area (Å²) in [5.74, 6) is 0.344. The molecular formula is C11H12O. The predicted octanol–water partition coefficient (Wildman–Crippen LogP) is 3.16. The molecule has 0 aliphatic rings. The average Bonchev–Trinajstić information content (AvgIpc) is 2.06. The summed E-state index contributed by atoms with van der Waals surface area (Å²) in [5, 5.41) is 9.29. The van der Waals surface area contributed by atoms with Gasteiger partial charge in [0.2, 0.25) is 0 Å². The lowest BCUT2D eigenvalue weighted by Crippen LogP contribution is -1.77. The lowest BCUT2D eigenvalue weighted by molar-refractivity contribution is 0.407. The zero-order chi connectivity index (χ0) is 8.81. The predicted molar refractivity (Wildman–Crippen MR) is 51.9 cm³/mol. The Morgan fingerprint density at radius 1 is 1.33 bits per heavy atom. The molecule has 0 bridgehead atoms. The molecule has 1 N–H and O–H groups in total. The average molecular weight is 160 g/mol. The Hall–Kier alpha value is -1.50. The molecule has 1 aromatic rings. The third-order valence-electron chi connectivity index (χ3n) is 1.49. The van der Waals surface area contributed by atoms with Crippen LogP contribution >= 0.6 is 0 Å². The number of allylic oxidation sites excluding steroid dienone is 1. The highest BCUT2D eigenvalue weighted by Gasteiger charge is 1.89. The molecule has 0 amide bonds. The molecule has 1 nitrogen and oxygen atoms in total. The van der Waals surface area contributed by atoms with E-state index in [2.05, 4.69) is 6.58 Å². The molecule has 0 unspecified atom stereocenters. The molecule has 0 fully saturated rings. The monoisotopic (exact) mass is 160 g/mol. The molecule has 12 heavy (non-hydrogen) atoms.